The number of hydrogen-bond acceptors (Lipinski definition) is 4. The number of hydrogen-bond donors (Lipinski definition) is 1. The minimum atomic E-state index is -3.53. The van der Waals surface area contributed by atoms with Crippen molar-refractivity contribution in [2.24, 2.45) is 11.1 Å². The third-order valence-corrected chi connectivity index (χ3v) is 7.52. The number of benzene rings is 2. The highest BCUT2D eigenvalue weighted by atomic mass is 35.5. The SMILES string of the molecule is CCOC[C@]1(CN)[C@H](c2cccc(Cl)c2)[C@@H]1S(=O)(=O)c1ccccc1. The zero-order valence-corrected chi connectivity index (χ0v) is 15.6. The first-order valence-corrected chi connectivity index (χ1v) is 10.2. The summed E-state index contributed by atoms with van der Waals surface area (Å²) in [5.41, 5.74) is 6.32. The number of sulfone groups is 1. The van der Waals surface area contributed by atoms with Crippen LogP contribution in [-0.2, 0) is 14.6 Å². The van der Waals surface area contributed by atoms with Crippen LogP contribution in [0.3, 0.4) is 0 Å². The van der Waals surface area contributed by atoms with Crippen LogP contribution in [-0.4, -0.2) is 33.4 Å². The van der Waals surface area contributed by atoms with Gasteiger partial charge in [-0.15, -0.1) is 0 Å². The number of ether oxygens (including phenoxy) is 1. The van der Waals surface area contributed by atoms with Crippen molar-refractivity contribution in [2.75, 3.05) is 19.8 Å². The Morgan fingerprint density at radius 3 is 2.48 bits per heavy atom. The average Bonchev–Trinajstić information content (AvgIpc) is 3.31. The van der Waals surface area contributed by atoms with Crippen molar-refractivity contribution >= 4 is 21.4 Å². The van der Waals surface area contributed by atoms with Crippen LogP contribution in [0.15, 0.2) is 59.5 Å². The van der Waals surface area contributed by atoms with Gasteiger partial charge in [0.15, 0.2) is 9.84 Å². The van der Waals surface area contributed by atoms with Crippen molar-refractivity contribution in [1.29, 1.82) is 0 Å². The van der Waals surface area contributed by atoms with E-state index in [0.29, 0.717) is 23.1 Å². The van der Waals surface area contributed by atoms with E-state index in [0.717, 1.165) is 5.56 Å². The molecule has 2 N–H and O–H groups in total. The smallest absolute Gasteiger partial charge is 0.182 e. The lowest BCUT2D eigenvalue weighted by Gasteiger charge is -2.16. The zero-order valence-electron chi connectivity index (χ0n) is 14.1. The van der Waals surface area contributed by atoms with E-state index in [-0.39, 0.29) is 12.5 Å². The third-order valence-electron chi connectivity index (χ3n) is 4.95. The highest BCUT2D eigenvalue weighted by Crippen LogP contribution is 2.63. The van der Waals surface area contributed by atoms with Gasteiger partial charge in [-0.1, -0.05) is 41.9 Å². The first-order chi connectivity index (χ1) is 12.0. The van der Waals surface area contributed by atoms with Crippen LogP contribution in [0.1, 0.15) is 18.4 Å². The van der Waals surface area contributed by atoms with Gasteiger partial charge in [0.25, 0.3) is 0 Å². The van der Waals surface area contributed by atoms with Crippen molar-refractivity contribution < 1.29 is 13.2 Å². The largest absolute Gasteiger partial charge is 0.381 e. The summed E-state index contributed by atoms with van der Waals surface area (Å²) >= 11 is 6.12. The number of rotatable bonds is 7. The van der Waals surface area contributed by atoms with Crippen molar-refractivity contribution in [3.05, 3.63) is 65.2 Å². The lowest BCUT2D eigenvalue weighted by Crippen LogP contribution is -2.29. The van der Waals surface area contributed by atoms with E-state index >= 15 is 0 Å². The molecule has 0 unspecified atom stereocenters. The quantitative estimate of drug-likeness (QED) is 0.801. The van der Waals surface area contributed by atoms with Crippen LogP contribution in [0.4, 0.5) is 0 Å². The lowest BCUT2D eigenvalue weighted by molar-refractivity contribution is 0.101. The van der Waals surface area contributed by atoms with Gasteiger partial charge in [-0.25, -0.2) is 8.42 Å². The molecule has 3 atom stereocenters. The highest BCUT2D eigenvalue weighted by molar-refractivity contribution is 7.92. The molecule has 1 aliphatic rings. The molecule has 25 heavy (non-hydrogen) atoms. The van der Waals surface area contributed by atoms with E-state index in [1.165, 1.54) is 0 Å². The Kier molecular flexibility index (Phi) is 5.21. The first kappa shape index (κ1) is 18.4. The van der Waals surface area contributed by atoms with Gasteiger partial charge in [0.1, 0.15) is 0 Å². The molecule has 0 aliphatic heterocycles. The molecule has 0 amide bonds. The van der Waals surface area contributed by atoms with Gasteiger partial charge < -0.3 is 10.5 Å². The fraction of sp³-hybridized carbons (Fsp3) is 0.368. The van der Waals surface area contributed by atoms with Gasteiger partial charge in [-0.05, 0) is 36.8 Å². The fourth-order valence-electron chi connectivity index (χ4n) is 3.67. The molecule has 3 rings (SSSR count). The molecule has 2 aromatic rings. The minimum Gasteiger partial charge on any atom is -0.381 e. The summed E-state index contributed by atoms with van der Waals surface area (Å²) in [5, 5.41) is -0.0278. The van der Waals surface area contributed by atoms with Crippen molar-refractivity contribution in [3.63, 3.8) is 0 Å². The lowest BCUT2D eigenvalue weighted by atomic mass is 10.00. The van der Waals surface area contributed by atoms with Crippen molar-refractivity contribution in [2.45, 2.75) is 23.0 Å². The molecule has 4 nitrogen and oxygen atoms in total. The molecule has 0 saturated heterocycles. The molecule has 0 bridgehead atoms. The molecule has 2 aromatic carbocycles. The van der Waals surface area contributed by atoms with Gasteiger partial charge >= 0.3 is 0 Å². The number of halogens is 1. The van der Waals surface area contributed by atoms with E-state index in [2.05, 4.69) is 0 Å². The Balaban J connectivity index is 2.06. The molecule has 1 saturated carbocycles. The average molecular weight is 380 g/mol. The molecule has 0 heterocycles. The van der Waals surface area contributed by atoms with Crippen LogP contribution in [0, 0.1) is 5.41 Å². The van der Waals surface area contributed by atoms with E-state index in [4.69, 9.17) is 22.1 Å². The van der Waals surface area contributed by atoms with Gasteiger partial charge in [-0.2, -0.15) is 0 Å². The van der Waals surface area contributed by atoms with Crippen molar-refractivity contribution in [1.82, 2.24) is 0 Å². The summed E-state index contributed by atoms with van der Waals surface area (Å²) in [5.74, 6) is -0.229. The molecule has 6 heteroatoms. The van der Waals surface area contributed by atoms with Crippen LogP contribution in [0.2, 0.25) is 5.02 Å². The summed E-state index contributed by atoms with van der Waals surface area (Å²) in [6, 6.07) is 15.9. The fourth-order valence-corrected chi connectivity index (χ4v) is 6.34. The second-order valence-electron chi connectivity index (χ2n) is 6.39. The third kappa shape index (κ3) is 3.22. The molecule has 0 spiro atoms. The predicted molar refractivity (Wildman–Crippen MR) is 99.6 cm³/mol. The molecular formula is C19H22ClNO3S. The Morgan fingerprint density at radius 1 is 1.16 bits per heavy atom. The van der Waals surface area contributed by atoms with Gasteiger partial charge in [0.2, 0.25) is 0 Å². The highest BCUT2D eigenvalue weighted by Gasteiger charge is 2.70. The summed E-state index contributed by atoms with van der Waals surface area (Å²) < 4.78 is 32.1. The summed E-state index contributed by atoms with van der Waals surface area (Å²) in [7, 11) is -3.53. The minimum absolute atomic E-state index is 0.229. The van der Waals surface area contributed by atoms with Crippen LogP contribution in [0.5, 0.6) is 0 Å². The van der Waals surface area contributed by atoms with E-state index < -0.39 is 20.5 Å². The molecule has 134 valence electrons. The maximum absolute atomic E-state index is 13.3. The normalized spacial score (nSPS) is 25.7. The Bertz CT molecular complexity index is 841. The van der Waals surface area contributed by atoms with Gasteiger partial charge in [0, 0.05) is 29.5 Å². The number of nitrogens with two attached hydrogens (primary N) is 1. The second kappa shape index (κ2) is 7.08. The summed E-state index contributed by atoms with van der Waals surface area (Å²) in [6.07, 6.45) is 0. The Hall–Kier alpha value is -1.40. The second-order valence-corrected chi connectivity index (χ2v) is 8.89. The standard InChI is InChI=1S/C19H22ClNO3S/c1-2-24-13-19(12-21)17(14-7-6-8-15(20)11-14)18(19)25(22,23)16-9-4-3-5-10-16/h3-11,17-18H,2,12-13,21H2,1H3/t17-,18+,19-/m1/s1. The van der Waals surface area contributed by atoms with Gasteiger partial charge in [0.05, 0.1) is 16.8 Å². The van der Waals surface area contributed by atoms with Crippen molar-refractivity contribution in [3.8, 4) is 0 Å². The van der Waals surface area contributed by atoms with E-state index in [1.54, 1.807) is 36.4 Å². The monoisotopic (exact) mass is 379 g/mol. The zero-order chi connectivity index (χ0) is 18.1. The maximum atomic E-state index is 13.3. The molecule has 1 fully saturated rings. The summed E-state index contributed by atoms with van der Waals surface area (Å²) in [6.45, 7) is 2.96. The first-order valence-electron chi connectivity index (χ1n) is 8.29. The van der Waals surface area contributed by atoms with Gasteiger partial charge in [-0.3, -0.25) is 0 Å². The molecule has 1 aliphatic carbocycles. The molecular weight excluding hydrogens is 358 g/mol. The van der Waals surface area contributed by atoms with E-state index in [9.17, 15) is 8.42 Å². The van der Waals surface area contributed by atoms with Crippen LogP contribution < -0.4 is 5.73 Å². The maximum Gasteiger partial charge on any atom is 0.182 e. The predicted octanol–water partition coefficient (Wildman–Crippen LogP) is 3.26. The molecule has 0 radical (unpaired) electrons. The Labute approximate surface area is 153 Å². The van der Waals surface area contributed by atoms with Crippen LogP contribution >= 0.6 is 11.6 Å². The van der Waals surface area contributed by atoms with E-state index in [1.807, 2.05) is 25.1 Å². The summed E-state index contributed by atoms with van der Waals surface area (Å²) in [4.78, 5) is 0.318. The van der Waals surface area contributed by atoms with Crippen LogP contribution in [0.25, 0.3) is 0 Å². The molecule has 0 aromatic heterocycles. The topological polar surface area (TPSA) is 69.4 Å². The Morgan fingerprint density at radius 2 is 1.88 bits per heavy atom.